The van der Waals surface area contributed by atoms with Crippen LogP contribution in [0.2, 0.25) is 0 Å². The van der Waals surface area contributed by atoms with E-state index >= 15 is 0 Å². The SMILES string of the molecule is COc1ccc(NC(=O)NCCNc2cc(N3CCOCC3)ncn2)cc1. The zero-order valence-corrected chi connectivity index (χ0v) is 15.3. The lowest BCUT2D eigenvalue weighted by Gasteiger charge is -2.27. The quantitative estimate of drug-likeness (QED) is 0.634. The van der Waals surface area contributed by atoms with E-state index in [1.54, 1.807) is 31.4 Å². The minimum Gasteiger partial charge on any atom is -0.497 e. The number of benzene rings is 1. The summed E-state index contributed by atoms with van der Waals surface area (Å²) in [5, 5.41) is 8.75. The molecule has 0 atom stereocenters. The maximum absolute atomic E-state index is 11.9. The second-order valence-corrected chi connectivity index (χ2v) is 5.90. The number of ether oxygens (including phenoxy) is 2. The maximum atomic E-state index is 11.9. The van der Waals surface area contributed by atoms with Crippen LogP contribution >= 0.6 is 0 Å². The third-order valence-corrected chi connectivity index (χ3v) is 4.05. The Balaban J connectivity index is 1.39. The molecule has 1 aliphatic heterocycles. The molecule has 0 bridgehead atoms. The van der Waals surface area contributed by atoms with Crippen molar-refractivity contribution >= 4 is 23.4 Å². The van der Waals surface area contributed by atoms with Crippen molar-refractivity contribution < 1.29 is 14.3 Å². The Labute approximate surface area is 158 Å². The molecule has 9 heteroatoms. The fourth-order valence-electron chi connectivity index (χ4n) is 2.63. The van der Waals surface area contributed by atoms with E-state index in [1.807, 2.05) is 6.07 Å². The van der Waals surface area contributed by atoms with Gasteiger partial charge >= 0.3 is 6.03 Å². The summed E-state index contributed by atoms with van der Waals surface area (Å²) >= 11 is 0. The van der Waals surface area contributed by atoms with Crippen LogP contribution in [0, 0.1) is 0 Å². The van der Waals surface area contributed by atoms with Crippen molar-refractivity contribution in [1.29, 1.82) is 0 Å². The number of nitrogens with one attached hydrogen (secondary N) is 3. The Morgan fingerprint density at radius 3 is 2.70 bits per heavy atom. The summed E-state index contributed by atoms with van der Waals surface area (Å²) in [6.45, 7) is 4.07. The van der Waals surface area contributed by atoms with Crippen molar-refractivity contribution in [2.45, 2.75) is 0 Å². The lowest BCUT2D eigenvalue weighted by Crippen LogP contribution is -2.36. The normalized spacial score (nSPS) is 13.7. The van der Waals surface area contributed by atoms with Crippen molar-refractivity contribution in [1.82, 2.24) is 15.3 Å². The summed E-state index contributed by atoms with van der Waals surface area (Å²) < 4.78 is 10.4. The van der Waals surface area contributed by atoms with Crippen LogP contribution in [-0.4, -0.2) is 62.5 Å². The number of nitrogens with zero attached hydrogens (tertiary/aromatic N) is 3. The number of anilines is 3. The van der Waals surface area contributed by atoms with Crippen molar-refractivity contribution in [2.24, 2.45) is 0 Å². The van der Waals surface area contributed by atoms with Crippen molar-refractivity contribution in [3.05, 3.63) is 36.7 Å². The van der Waals surface area contributed by atoms with Crippen LogP contribution in [0.15, 0.2) is 36.7 Å². The number of hydrogen-bond acceptors (Lipinski definition) is 7. The van der Waals surface area contributed by atoms with E-state index in [-0.39, 0.29) is 6.03 Å². The first-order valence-corrected chi connectivity index (χ1v) is 8.82. The van der Waals surface area contributed by atoms with E-state index in [0.29, 0.717) is 32.0 Å². The van der Waals surface area contributed by atoms with Crippen LogP contribution in [0.25, 0.3) is 0 Å². The summed E-state index contributed by atoms with van der Waals surface area (Å²) in [7, 11) is 1.60. The van der Waals surface area contributed by atoms with Crippen LogP contribution < -0.4 is 25.6 Å². The summed E-state index contributed by atoms with van der Waals surface area (Å²) in [6, 6.07) is 8.79. The third-order valence-electron chi connectivity index (χ3n) is 4.05. The van der Waals surface area contributed by atoms with Gasteiger partial charge in [0.15, 0.2) is 0 Å². The van der Waals surface area contributed by atoms with Gasteiger partial charge in [0.25, 0.3) is 0 Å². The van der Waals surface area contributed by atoms with Crippen LogP contribution in [0.5, 0.6) is 5.75 Å². The summed E-state index contributed by atoms with van der Waals surface area (Å²) in [6.07, 6.45) is 1.54. The molecule has 144 valence electrons. The molecule has 1 saturated heterocycles. The van der Waals surface area contributed by atoms with Crippen LogP contribution in [0.4, 0.5) is 22.1 Å². The molecule has 1 aromatic heterocycles. The number of amides is 2. The monoisotopic (exact) mass is 372 g/mol. The highest BCUT2D eigenvalue weighted by molar-refractivity contribution is 5.89. The molecular formula is C18H24N6O3. The molecule has 9 nitrogen and oxygen atoms in total. The highest BCUT2D eigenvalue weighted by atomic mass is 16.5. The number of morpholine rings is 1. The molecule has 0 spiro atoms. The molecule has 2 heterocycles. The van der Waals surface area contributed by atoms with Gasteiger partial charge in [-0.3, -0.25) is 0 Å². The maximum Gasteiger partial charge on any atom is 0.319 e. The standard InChI is InChI=1S/C18H24N6O3/c1-26-15-4-2-14(3-5-15)23-18(25)20-7-6-19-16-12-17(22-13-21-16)24-8-10-27-11-9-24/h2-5,12-13H,6-11H2,1H3,(H,19,21,22)(H2,20,23,25). The van der Waals surface area contributed by atoms with Gasteiger partial charge in [-0.2, -0.15) is 0 Å². The van der Waals surface area contributed by atoms with Crippen LogP contribution in [0.1, 0.15) is 0 Å². The van der Waals surface area contributed by atoms with Gasteiger partial charge in [-0.1, -0.05) is 0 Å². The molecule has 1 aliphatic rings. The van der Waals surface area contributed by atoms with Crippen molar-refractivity contribution in [3.8, 4) is 5.75 Å². The lowest BCUT2D eigenvalue weighted by atomic mass is 10.3. The van der Waals surface area contributed by atoms with Gasteiger partial charge in [-0.25, -0.2) is 14.8 Å². The largest absolute Gasteiger partial charge is 0.497 e. The molecule has 3 N–H and O–H groups in total. The van der Waals surface area contributed by atoms with E-state index in [4.69, 9.17) is 9.47 Å². The first kappa shape index (κ1) is 18.7. The minimum absolute atomic E-state index is 0.265. The summed E-state index contributed by atoms with van der Waals surface area (Å²) in [5.41, 5.74) is 0.701. The van der Waals surface area contributed by atoms with Gasteiger partial charge in [0.1, 0.15) is 23.7 Å². The van der Waals surface area contributed by atoms with Crippen LogP contribution in [0.3, 0.4) is 0 Å². The van der Waals surface area contributed by atoms with Crippen molar-refractivity contribution in [2.75, 3.05) is 62.0 Å². The molecule has 3 rings (SSSR count). The second-order valence-electron chi connectivity index (χ2n) is 5.90. The van der Waals surface area contributed by atoms with Gasteiger partial charge < -0.3 is 30.3 Å². The Bertz CT molecular complexity index is 734. The highest BCUT2D eigenvalue weighted by Crippen LogP contribution is 2.16. The fourth-order valence-corrected chi connectivity index (χ4v) is 2.63. The van der Waals surface area contributed by atoms with Crippen LogP contribution in [-0.2, 0) is 4.74 Å². The molecule has 0 saturated carbocycles. The Morgan fingerprint density at radius 1 is 1.19 bits per heavy atom. The van der Waals surface area contributed by atoms with Gasteiger partial charge in [0.05, 0.1) is 20.3 Å². The van der Waals surface area contributed by atoms with E-state index in [2.05, 4.69) is 30.8 Å². The number of aromatic nitrogens is 2. The minimum atomic E-state index is -0.265. The van der Waals surface area contributed by atoms with E-state index in [0.717, 1.165) is 30.5 Å². The second kappa shape index (κ2) is 9.58. The Hall–Kier alpha value is -3.07. The third kappa shape index (κ3) is 5.71. The van der Waals surface area contributed by atoms with Gasteiger partial charge in [-0.05, 0) is 24.3 Å². The molecule has 2 aromatic rings. The first-order chi connectivity index (χ1) is 13.2. The number of methoxy groups -OCH3 is 1. The van der Waals surface area contributed by atoms with E-state index < -0.39 is 0 Å². The molecule has 27 heavy (non-hydrogen) atoms. The smallest absolute Gasteiger partial charge is 0.319 e. The first-order valence-electron chi connectivity index (χ1n) is 8.82. The van der Waals surface area contributed by atoms with Gasteiger partial charge in [0, 0.05) is 37.9 Å². The highest BCUT2D eigenvalue weighted by Gasteiger charge is 2.12. The lowest BCUT2D eigenvalue weighted by molar-refractivity contribution is 0.122. The number of urea groups is 1. The van der Waals surface area contributed by atoms with E-state index in [1.165, 1.54) is 6.33 Å². The summed E-state index contributed by atoms with van der Waals surface area (Å²) in [5.74, 6) is 2.34. The number of carbonyl (C=O) groups is 1. The fraction of sp³-hybridized carbons (Fsp3) is 0.389. The zero-order valence-electron chi connectivity index (χ0n) is 15.3. The topological polar surface area (TPSA) is 101 Å². The predicted octanol–water partition coefficient (Wildman–Crippen LogP) is 1.56. The molecule has 2 amide bonds. The number of hydrogen-bond donors (Lipinski definition) is 3. The molecule has 0 radical (unpaired) electrons. The molecule has 0 unspecified atom stereocenters. The average molecular weight is 372 g/mol. The molecule has 1 aromatic carbocycles. The molecular weight excluding hydrogens is 348 g/mol. The van der Waals surface area contributed by atoms with E-state index in [9.17, 15) is 4.79 Å². The Morgan fingerprint density at radius 2 is 1.96 bits per heavy atom. The van der Waals surface area contributed by atoms with Gasteiger partial charge in [0.2, 0.25) is 0 Å². The zero-order chi connectivity index (χ0) is 18.9. The predicted molar refractivity (Wildman–Crippen MR) is 104 cm³/mol. The average Bonchev–Trinajstić information content (AvgIpc) is 2.73. The number of carbonyl (C=O) groups excluding carboxylic acids is 1. The van der Waals surface area contributed by atoms with Gasteiger partial charge in [-0.15, -0.1) is 0 Å². The number of rotatable bonds is 7. The summed E-state index contributed by atoms with van der Waals surface area (Å²) in [4.78, 5) is 22.6. The van der Waals surface area contributed by atoms with Crippen molar-refractivity contribution in [3.63, 3.8) is 0 Å². The molecule has 1 fully saturated rings. The molecule has 0 aliphatic carbocycles. The Kier molecular flexibility index (Phi) is 6.64.